The summed E-state index contributed by atoms with van der Waals surface area (Å²) in [5, 5.41) is 14.3. The Kier molecular flexibility index (Phi) is 3.63. The third-order valence-corrected chi connectivity index (χ3v) is 7.40. The van der Waals surface area contributed by atoms with Gasteiger partial charge in [0.05, 0.1) is 17.9 Å². The summed E-state index contributed by atoms with van der Waals surface area (Å²) in [6, 6.07) is 3.96. The van der Waals surface area contributed by atoms with Crippen LogP contribution < -0.4 is 5.56 Å². The molecule has 0 spiro atoms. The van der Waals surface area contributed by atoms with Crippen molar-refractivity contribution in [3.8, 4) is 0 Å². The predicted octanol–water partition coefficient (Wildman–Crippen LogP) is 3.16. The van der Waals surface area contributed by atoms with Gasteiger partial charge < -0.3 is 5.11 Å². The molecule has 0 saturated heterocycles. The zero-order chi connectivity index (χ0) is 19.0. The summed E-state index contributed by atoms with van der Waals surface area (Å²) in [5.41, 5.74) is 4.37. The molecule has 1 N–H and O–H groups in total. The van der Waals surface area contributed by atoms with Crippen LogP contribution in [-0.2, 0) is 6.54 Å². The van der Waals surface area contributed by atoms with Crippen LogP contribution in [-0.4, -0.2) is 30.9 Å². The molecule has 7 heteroatoms. The molecule has 3 aromatic rings. The Morgan fingerprint density at radius 3 is 2.68 bits per heavy atom. The fraction of sp³-hybridized carbons (Fsp3) is 0.571. The Balaban J connectivity index is 1.37. The topological polar surface area (TPSA) is 72.4 Å². The number of aryl methyl sites for hydroxylation is 1. The van der Waals surface area contributed by atoms with Crippen LogP contribution in [0.1, 0.15) is 77.5 Å². The van der Waals surface area contributed by atoms with E-state index in [9.17, 15) is 9.90 Å². The highest BCUT2D eigenvalue weighted by Gasteiger charge is 2.41. The Morgan fingerprint density at radius 2 is 2.00 bits per heavy atom. The molecule has 3 aromatic heterocycles. The number of hydrogen-bond acceptors (Lipinski definition) is 5. The summed E-state index contributed by atoms with van der Waals surface area (Å²) in [6.07, 6.45) is 5.94. The minimum absolute atomic E-state index is 0.00881. The van der Waals surface area contributed by atoms with Gasteiger partial charge in [-0.1, -0.05) is 0 Å². The van der Waals surface area contributed by atoms with Gasteiger partial charge >= 0.3 is 0 Å². The number of nitrogens with zero attached hydrogens (tertiary/aromatic N) is 4. The molecule has 0 aromatic carbocycles. The SMILES string of the molecule is Cc1sc2nc(Cn3nc(C4CC4)cc3C3CC3)cc(=O)n2c1C1CC1CO. The molecular weight excluding hydrogens is 372 g/mol. The molecular formula is C21H24N4O2S. The molecule has 0 bridgehead atoms. The summed E-state index contributed by atoms with van der Waals surface area (Å²) in [7, 11) is 0. The van der Waals surface area contributed by atoms with Crippen LogP contribution in [0.25, 0.3) is 4.96 Å². The fourth-order valence-electron chi connectivity index (χ4n) is 4.45. The molecule has 3 heterocycles. The minimum Gasteiger partial charge on any atom is -0.396 e. The molecule has 2 atom stereocenters. The Hall–Kier alpha value is -1.99. The van der Waals surface area contributed by atoms with Crippen LogP contribution in [0.15, 0.2) is 16.9 Å². The van der Waals surface area contributed by atoms with Gasteiger partial charge in [-0.15, -0.1) is 11.3 Å². The number of thiazole rings is 1. The van der Waals surface area contributed by atoms with E-state index in [1.807, 2.05) is 0 Å². The maximum Gasteiger partial charge on any atom is 0.259 e. The molecule has 0 aliphatic heterocycles. The predicted molar refractivity (Wildman–Crippen MR) is 107 cm³/mol. The van der Waals surface area contributed by atoms with Crippen LogP contribution in [0.5, 0.6) is 0 Å². The zero-order valence-electron chi connectivity index (χ0n) is 16.0. The number of aliphatic hydroxyl groups is 1. The number of rotatable bonds is 6. The molecule has 0 amide bonds. The van der Waals surface area contributed by atoms with Gasteiger partial charge in [0.2, 0.25) is 0 Å². The van der Waals surface area contributed by atoms with Crippen molar-refractivity contribution in [2.24, 2.45) is 5.92 Å². The lowest BCUT2D eigenvalue weighted by molar-refractivity contribution is 0.273. The van der Waals surface area contributed by atoms with Gasteiger partial charge in [-0.3, -0.25) is 13.9 Å². The highest BCUT2D eigenvalue weighted by atomic mass is 32.1. The van der Waals surface area contributed by atoms with E-state index in [0.717, 1.165) is 27.6 Å². The van der Waals surface area contributed by atoms with Gasteiger partial charge in [0.25, 0.3) is 5.56 Å². The largest absolute Gasteiger partial charge is 0.396 e. The Morgan fingerprint density at radius 1 is 1.21 bits per heavy atom. The number of aliphatic hydroxyl groups excluding tert-OH is 1. The highest BCUT2D eigenvalue weighted by molar-refractivity contribution is 7.17. The first-order valence-corrected chi connectivity index (χ1v) is 11.1. The second-order valence-electron chi connectivity index (χ2n) is 8.73. The average Bonchev–Trinajstić information content (AvgIpc) is 3.56. The lowest BCUT2D eigenvalue weighted by Crippen LogP contribution is -2.18. The monoisotopic (exact) mass is 396 g/mol. The minimum atomic E-state index is -0.00881. The first-order chi connectivity index (χ1) is 13.6. The average molecular weight is 397 g/mol. The summed E-state index contributed by atoms with van der Waals surface area (Å²) >= 11 is 1.58. The molecule has 6 rings (SSSR count). The summed E-state index contributed by atoms with van der Waals surface area (Å²) in [5.74, 6) is 1.85. The zero-order valence-corrected chi connectivity index (χ0v) is 16.8. The maximum atomic E-state index is 12.9. The molecule has 3 aliphatic rings. The van der Waals surface area contributed by atoms with Crippen LogP contribution in [0.3, 0.4) is 0 Å². The summed E-state index contributed by atoms with van der Waals surface area (Å²) < 4.78 is 3.86. The van der Waals surface area contributed by atoms with Gasteiger partial charge in [0.1, 0.15) is 0 Å². The van der Waals surface area contributed by atoms with Crippen molar-refractivity contribution >= 4 is 16.3 Å². The second kappa shape index (κ2) is 6.00. The van der Waals surface area contributed by atoms with E-state index in [1.54, 1.807) is 21.8 Å². The van der Waals surface area contributed by atoms with Gasteiger partial charge in [0, 0.05) is 46.7 Å². The third-order valence-electron chi connectivity index (χ3n) is 6.43. The molecule has 28 heavy (non-hydrogen) atoms. The van der Waals surface area contributed by atoms with E-state index in [-0.39, 0.29) is 24.0 Å². The van der Waals surface area contributed by atoms with Gasteiger partial charge in [-0.25, -0.2) is 4.98 Å². The Bertz CT molecular complexity index is 1140. The van der Waals surface area contributed by atoms with Crippen molar-refractivity contribution in [2.75, 3.05) is 6.61 Å². The van der Waals surface area contributed by atoms with Gasteiger partial charge in [-0.2, -0.15) is 5.10 Å². The summed E-state index contributed by atoms with van der Waals surface area (Å²) in [6.45, 7) is 2.81. The standard InChI is InChI=1S/C21H24N4O2S/c1-11-20(16-6-14(16)10-26)25-19(27)7-15(22-21(25)28-11)9-24-18(13-4-5-13)8-17(23-24)12-2-3-12/h7-8,12-14,16,26H,2-6,9-10H2,1H3. The van der Waals surface area contributed by atoms with E-state index < -0.39 is 0 Å². The second-order valence-corrected chi connectivity index (χ2v) is 9.91. The van der Waals surface area contributed by atoms with E-state index in [4.69, 9.17) is 10.1 Å². The third kappa shape index (κ3) is 2.75. The van der Waals surface area contributed by atoms with Crippen LogP contribution in [0.4, 0.5) is 0 Å². The molecule has 2 unspecified atom stereocenters. The fourth-order valence-corrected chi connectivity index (χ4v) is 5.52. The molecule has 146 valence electrons. The lowest BCUT2D eigenvalue weighted by Gasteiger charge is -2.07. The highest BCUT2D eigenvalue weighted by Crippen LogP contribution is 2.49. The van der Waals surface area contributed by atoms with Crippen LogP contribution in [0, 0.1) is 12.8 Å². The molecule has 3 fully saturated rings. The first kappa shape index (κ1) is 16.9. The first-order valence-electron chi connectivity index (χ1n) is 10.3. The quantitative estimate of drug-likeness (QED) is 0.695. The van der Waals surface area contributed by atoms with Crippen LogP contribution in [0.2, 0.25) is 0 Å². The molecule has 3 aliphatic carbocycles. The molecule has 3 saturated carbocycles. The maximum absolute atomic E-state index is 12.9. The van der Waals surface area contributed by atoms with E-state index in [2.05, 4.69) is 17.7 Å². The number of fused-ring (bicyclic) bond motifs is 1. The van der Waals surface area contributed by atoms with Crippen molar-refractivity contribution in [2.45, 2.75) is 63.3 Å². The molecule has 0 radical (unpaired) electrons. The van der Waals surface area contributed by atoms with Crippen molar-refractivity contribution in [1.29, 1.82) is 0 Å². The number of aromatic nitrogens is 4. The van der Waals surface area contributed by atoms with Crippen molar-refractivity contribution in [1.82, 2.24) is 19.2 Å². The smallest absolute Gasteiger partial charge is 0.259 e. The van der Waals surface area contributed by atoms with Gasteiger partial charge in [-0.05, 0) is 51.0 Å². The van der Waals surface area contributed by atoms with Gasteiger partial charge in [0.15, 0.2) is 4.96 Å². The molecule has 6 nitrogen and oxygen atoms in total. The lowest BCUT2D eigenvalue weighted by atomic mass is 10.2. The van der Waals surface area contributed by atoms with Crippen molar-refractivity contribution in [3.63, 3.8) is 0 Å². The summed E-state index contributed by atoms with van der Waals surface area (Å²) in [4.78, 5) is 19.7. The van der Waals surface area contributed by atoms with Crippen molar-refractivity contribution in [3.05, 3.63) is 50.1 Å². The van der Waals surface area contributed by atoms with Crippen molar-refractivity contribution < 1.29 is 5.11 Å². The number of hydrogen-bond donors (Lipinski definition) is 1. The van der Waals surface area contributed by atoms with E-state index in [1.165, 1.54) is 37.1 Å². The van der Waals surface area contributed by atoms with Crippen LogP contribution >= 0.6 is 11.3 Å². The van der Waals surface area contributed by atoms with E-state index >= 15 is 0 Å². The Labute approximate surface area is 166 Å². The van der Waals surface area contributed by atoms with E-state index in [0.29, 0.717) is 18.4 Å². The normalized spacial score (nSPS) is 24.2.